The second-order valence-corrected chi connectivity index (χ2v) is 4.79. The van der Waals surface area contributed by atoms with Crippen LogP contribution in [0.1, 0.15) is 24.8 Å². The number of hydrogen-bond donors (Lipinski definition) is 1. The smallest absolute Gasteiger partial charge is 0.205 e. The molecule has 4 nitrogen and oxygen atoms in total. The van der Waals surface area contributed by atoms with Gasteiger partial charge in [0, 0.05) is 6.61 Å². The van der Waals surface area contributed by atoms with Crippen molar-refractivity contribution in [2.24, 2.45) is 0 Å². The topological polar surface area (TPSA) is 47.0 Å². The van der Waals surface area contributed by atoms with E-state index in [9.17, 15) is 0 Å². The lowest BCUT2D eigenvalue weighted by molar-refractivity contribution is 0.0996. The van der Waals surface area contributed by atoms with Gasteiger partial charge in [0.05, 0.1) is 12.1 Å². The van der Waals surface area contributed by atoms with Crippen LogP contribution in [0.4, 0.5) is 5.13 Å². The van der Waals surface area contributed by atoms with Crippen molar-refractivity contribution in [1.82, 2.24) is 10.2 Å². The van der Waals surface area contributed by atoms with E-state index in [-0.39, 0.29) is 0 Å². The first-order chi connectivity index (χ1) is 6.75. The van der Waals surface area contributed by atoms with Crippen molar-refractivity contribution in [3.8, 4) is 0 Å². The zero-order chi connectivity index (χ0) is 9.97. The van der Waals surface area contributed by atoms with Gasteiger partial charge in [0.1, 0.15) is 5.01 Å². The molecular formula is C9H15N3OS. The molecule has 14 heavy (non-hydrogen) atoms. The minimum atomic E-state index is 0.324. The highest BCUT2D eigenvalue weighted by molar-refractivity contribution is 7.15. The van der Waals surface area contributed by atoms with Crippen LogP contribution < -0.4 is 5.32 Å². The predicted molar refractivity (Wildman–Crippen MR) is 56.7 cm³/mol. The number of ether oxygens (including phenoxy) is 1. The Morgan fingerprint density at radius 2 is 2.43 bits per heavy atom. The second-order valence-electron chi connectivity index (χ2n) is 3.61. The van der Waals surface area contributed by atoms with E-state index in [4.69, 9.17) is 4.74 Å². The quantitative estimate of drug-likeness (QED) is 0.832. The Morgan fingerprint density at radius 3 is 3.00 bits per heavy atom. The lowest BCUT2D eigenvalue weighted by Crippen LogP contribution is -2.29. The maximum Gasteiger partial charge on any atom is 0.205 e. The molecule has 0 bridgehead atoms. The number of anilines is 1. The van der Waals surface area contributed by atoms with Crippen molar-refractivity contribution in [2.75, 3.05) is 11.9 Å². The van der Waals surface area contributed by atoms with E-state index in [0.29, 0.717) is 12.1 Å². The monoisotopic (exact) mass is 213 g/mol. The van der Waals surface area contributed by atoms with Crippen LogP contribution in [0.2, 0.25) is 0 Å². The lowest BCUT2D eigenvalue weighted by Gasteiger charge is -2.18. The van der Waals surface area contributed by atoms with Gasteiger partial charge in [0.15, 0.2) is 0 Å². The molecule has 0 spiro atoms. The summed E-state index contributed by atoms with van der Waals surface area (Å²) in [5.41, 5.74) is 0. The fraction of sp³-hybridized carbons (Fsp3) is 0.778. The van der Waals surface area contributed by atoms with Crippen molar-refractivity contribution in [3.05, 3.63) is 5.01 Å². The highest BCUT2D eigenvalue weighted by Crippen LogP contribution is 2.20. The minimum absolute atomic E-state index is 0.324. The summed E-state index contributed by atoms with van der Waals surface area (Å²) < 4.78 is 5.59. The first kappa shape index (κ1) is 9.86. The summed E-state index contributed by atoms with van der Waals surface area (Å²) in [6, 6.07) is 0.324. The summed E-state index contributed by atoms with van der Waals surface area (Å²) in [7, 11) is 0. The fourth-order valence-electron chi connectivity index (χ4n) is 1.64. The average Bonchev–Trinajstić information content (AvgIpc) is 2.75. The Bertz CT molecular complexity index is 296. The van der Waals surface area contributed by atoms with Crippen molar-refractivity contribution in [2.45, 2.75) is 38.8 Å². The molecule has 0 aliphatic carbocycles. The van der Waals surface area contributed by atoms with Crippen molar-refractivity contribution >= 4 is 16.5 Å². The molecule has 1 aromatic rings. The molecule has 78 valence electrons. The zero-order valence-electron chi connectivity index (χ0n) is 8.49. The molecule has 2 atom stereocenters. The third-order valence-electron chi connectivity index (χ3n) is 2.40. The maximum absolute atomic E-state index is 5.59. The largest absolute Gasteiger partial charge is 0.376 e. The van der Waals surface area contributed by atoms with E-state index in [2.05, 4.69) is 22.4 Å². The second kappa shape index (κ2) is 4.23. The Kier molecular flexibility index (Phi) is 2.98. The molecule has 0 amide bonds. The highest BCUT2D eigenvalue weighted by atomic mass is 32.1. The summed E-state index contributed by atoms with van der Waals surface area (Å²) >= 11 is 1.59. The molecule has 1 fully saturated rings. The van der Waals surface area contributed by atoms with Gasteiger partial charge in [-0.05, 0) is 26.7 Å². The van der Waals surface area contributed by atoms with E-state index in [0.717, 1.165) is 23.2 Å². The standard InChI is InChI=1S/C9H15N3OS/c1-6(8-4-3-5-13-8)10-9-12-11-7(2)14-9/h6,8H,3-5H2,1-2H3,(H,10,12). The predicted octanol–water partition coefficient (Wildman–Crippen LogP) is 1.83. The number of aryl methyl sites for hydroxylation is 1. The molecule has 1 aliphatic heterocycles. The Balaban J connectivity index is 1.90. The number of nitrogens with one attached hydrogen (secondary N) is 1. The summed E-state index contributed by atoms with van der Waals surface area (Å²) in [5.74, 6) is 0. The Morgan fingerprint density at radius 1 is 1.57 bits per heavy atom. The number of aromatic nitrogens is 2. The van der Waals surface area contributed by atoms with Crippen LogP contribution >= 0.6 is 11.3 Å². The average molecular weight is 213 g/mol. The van der Waals surface area contributed by atoms with Crippen LogP contribution in [0.3, 0.4) is 0 Å². The molecule has 5 heteroatoms. The molecule has 1 aromatic heterocycles. The van der Waals surface area contributed by atoms with Crippen LogP contribution in [0.5, 0.6) is 0 Å². The zero-order valence-corrected chi connectivity index (χ0v) is 9.30. The van der Waals surface area contributed by atoms with Crippen molar-refractivity contribution < 1.29 is 4.74 Å². The summed E-state index contributed by atoms with van der Waals surface area (Å²) in [6.07, 6.45) is 2.65. The first-order valence-electron chi connectivity index (χ1n) is 4.94. The first-order valence-corrected chi connectivity index (χ1v) is 5.75. The van der Waals surface area contributed by atoms with Crippen LogP contribution in [0, 0.1) is 6.92 Å². The van der Waals surface area contributed by atoms with Crippen LogP contribution in [-0.2, 0) is 4.74 Å². The van der Waals surface area contributed by atoms with E-state index in [1.54, 1.807) is 11.3 Å². The van der Waals surface area contributed by atoms with E-state index >= 15 is 0 Å². The summed E-state index contributed by atoms with van der Waals surface area (Å²) in [6.45, 7) is 4.98. The van der Waals surface area contributed by atoms with Crippen molar-refractivity contribution in [1.29, 1.82) is 0 Å². The molecule has 1 saturated heterocycles. The van der Waals surface area contributed by atoms with Gasteiger partial charge in [-0.2, -0.15) is 0 Å². The van der Waals surface area contributed by atoms with Gasteiger partial charge < -0.3 is 10.1 Å². The number of nitrogens with zero attached hydrogens (tertiary/aromatic N) is 2. The summed E-state index contributed by atoms with van der Waals surface area (Å²) in [5, 5.41) is 13.2. The highest BCUT2D eigenvalue weighted by Gasteiger charge is 2.22. The molecule has 1 aliphatic rings. The number of hydrogen-bond acceptors (Lipinski definition) is 5. The van der Waals surface area contributed by atoms with Gasteiger partial charge in [-0.15, -0.1) is 10.2 Å². The van der Waals surface area contributed by atoms with Gasteiger partial charge >= 0.3 is 0 Å². The Hall–Kier alpha value is -0.680. The van der Waals surface area contributed by atoms with Crippen LogP contribution in [0.15, 0.2) is 0 Å². The normalized spacial score (nSPS) is 23.7. The van der Waals surface area contributed by atoms with E-state index in [1.165, 1.54) is 6.42 Å². The van der Waals surface area contributed by atoms with Gasteiger partial charge in [-0.1, -0.05) is 11.3 Å². The van der Waals surface area contributed by atoms with Crippen LogP contribution in [0.25, 0.3) is 0 Å². The molecule has 0 saturated carbocycles. The molecule has 0 aromatic carbocycles. The molecule has 1 N–H and O–H groups in total. The molecule has 2 heterocycles. The minimum Gasteiger partial charge on any atom is -0.376 e. The van der Waals surface area contributed by atoms with Gasteiger partial charge in [0.25, 0.3) is 0 Å². The third-order valence-corrected chi connectivity index (χ3v) is 3.17. The number of rotatable bonds is 3. The summed E-state index contributed by atoms with van der Waals surface area (Å²) in [4.78, 5) is 0. The third kappa shape index (κ3) is 2.22. The van der Waals surface area contributed by atoms with Crippen LogP contribution in [-0.4, -0.2) is 29.0 Å². The Labute approximate surface area is 87.7 Å². The van der Waals surface area contributed by atoms with Crippen molar-refractivity contribution in [3.63, 3.8) is 0 Å². The molecule has 2 rings (SSSR count). The maximum atomic E-state index is 5.59. The lowest BCUT2D eigenvalue weighted by atomic mass is 10.1. The van der Waals surface area contributed by atoms with Gasteiger partial charge in [-0.25, -0.2) is 0 Å². The van der Waals surface area contributed by atoms with E-state index < -0.39 is 0 Å². The molecule has 2 unspecified atom stereocenters. The van der Waals surface area contributed by atoms with Gasteiger partial charge in [-0.3, -0.25) is 0 Å². The SMILES string of the molecule is Cc1nnc(NC(C)C2CCCO2)s1. The molecular weight excluding hydrogens is 198 g/mol. The van der Waals surface area contributed by atoms with Gasteiger partial charge in [0.2, 0.25) is 5.13 Å². The molecule has 0 radical (unpaired) electrons. The van der Waals surface area contributed by atoms with E-state index in [1.807, 2.05) is 6.92 Å². The fourth-order valence-corrected chi connectivity index (χ4v) is 2.33.